The minimum atomic E-state index is -0.512. The lowest BCUT2D eigenvalue weighted by atomic mass is 9.85. The summed E-state index contributed by atoms with van der Waals surface area (Å²) in [5, 5.41) is 2.67. The van der Waals surface area contributed by atoms with E-state index < -0.39 is 11.9 Å². The molecule has 7 nitrogen and oxygen atoms in total. The molecular formula is C19H20N2O5. The highest BCUT2D eigenvalue weighted by atomic mass is 16.5. The Labute approximate surface area is 151 Å². The van der Waals surface area contributed by atoms with Crippen molar-refractivity contribution >= 4 is 29.4 Å². The predicted octanol–water partition coefficient (Wildman–Crippen LogP) is 1.67. The number of nitrogens with zero attached hydrogens (tertiary/aromatic N) is 1. The number of carbonyl (C=O) groups excluding carboxylic acids is 4. The number of amides is 3. The number of benzene rings is 1. The summed E-state index contributed by atoms with van der Waals surface area (Å²) in [7, 11) is 1.28. The van der Waals surface area contributed by atoms with Crippen LogP contribution in [0.1, 0.15) is 28.8 Å². The Bertz CT molecular complexity index is 788. The number of carbonyl (C=O) groups is 4. The summed E-state index contributed by atoms with van der Waals surface area (Å²) in [4.78, 5) is 49.9. The number of esters is 1. The van der Waals surface area contributed by atoms with Crippen molar-refractivity contribution in [1.29, 1.82) is 0 Å². The zero-order valence-corrected chi connectivity index (χ0v) is 14.7. The lowest BCUT2D eigenvalue weighted by Crippen LogP contribution is -2.38. The monoisotopic (exact) mass is 356 g/mol. The first kappa shape index (κ1) is 17.8. The van der Waals surface area contributed by atoms with Gasteiger partial charge in [0.25, 0.3) is 0 Å². The third kappa shape index (κ3) is 3.24. The minimum Gasteiger partial charge on any atom is -0.465 e. The Morgan fingerprint density at radius 1 is 1.15 bits per heavy atom. The van der Waals surface area contributed by atoms with Crippen LogP contribution in [0.25, 0.3) is 0 Å². The summed E-state index contributed by atoms with van der Waals surface area (Å²) >= 11 is 0. The number of hydrogen-bond donors (Lipinski definition) is 1. The van der Waals surface area contributed by atoms with E-state index in [9.17, 15) is 19.2 Å². The van der Waals surface area contributed by atoms with Crippen LogP contribution in [0.3, 0.4) is 0 Å². The van der Waals surface area contributed by atoms with Crippen molar-refractivity contribution in [2.45, 2.75) is 19.8 Å². The molecule has 1 N–H and O–H groups in total. The van der Waals surface area contributed by atoms with Crippen molar-refractivity contribution in [1.82, 2.24) is 4.90 Å². The van der Waals surface area contributed by atoms with Crippen molar-refractivity contribution in [2.24, 2.45) is 11.8 Å². The average Bonchev–Trinajstić information content (AvgIpc) is 2.88. The third-order valence-electron chi connectivity index (χ3n) is 4.83. The number of fused-ring (bicyclic) bond motifs is 1. The largest absolute Gasteiger partial charge is 0.465 e. The van der Waals surface area contributed by atoms with Crippen molar-refractivity contribution in [3.63, 3.8) is 0 Å². The van der Waals surface area contributed by atoms with Gasteiger partial charge in [0.15, 0.2) is 0 Å². The second kappa shape index (κ2) is 7.11. The summed E-state index contributed by atoms with van der Waals surface area (Å²) in [6.45, 7) is 1.45. The number of methoxy groups -OCH3 is 1. The summed E-state index contributed by atoms with van der Waals surface area (Å²) < 4.78 is 4.67. The number of likely N-dealkylation sites (tertiary alicyclic amines) is 1. The van der Waals surface area contributed by atoms with Gasteiger partial charge in [-0.3, -0.25) is 19.3 Å². The van der Waals surface area contributed by atoms with Crippen LogP contribution in [-0.2, 0) is 19.1 Å². The van der Waals surface area contributed by atoms with Gasteiger partial charge in [0, 0.05) is 5.69 Å². The molecule has 0 unspecified atom stereocenters. The first-order valence-corrected chi connectivity index (χ1v) is 8.41. The number of nitrogens with one attached hydrogen (secondary N) is 1. The molecule has 1 aromatic rings. The number of imide groups is 1. The lowest BCUT2D eigenvalue weighted by Gasteiger charge is -2.15. The van der Waals surface area contributed by atoms with E-state index in [4.69, 9.17) is 0 Å². The molecule has 1 aromatic carbocycles. The number of hydrogen-bond acceptors (Lipinski definition) is 5. The molecule has 2 atom stereocenters. The van der Waals surface area contributed by atoms with Gasteiger partial charge >= 0.3 is 5.97 Å². The van der Waals surface area contributed by atoms with Crippen LogP contribution in [0.4, 0.5) is 5.69 Å². The van der Waals surface area contributed by atoms with Gasteiger partial charge in [-0.05, 0) is 37.5 Å². The van der Waals surface area contributed by atoms with Crippen LogP contribution >= 0.6 is 0 Å². The quantitative estimate of drug-likeness (QED) is 0.503. The van der Waals surface area contributed by atoms with E-state index in [0.29, 0.717) is 24.1 Å². The maximum Gasteiger partial charge on any atom is 0.337 e. The highest BCUT2D eigenvalue weighted by Crippen LogP contribution is 2.34. The molecule has 26 heavy (non-hydrogen) atoms. The normalized spacial score (nSPS) is 21.5. The van der Waals surface area contributed by atoms with Gasteiger partial charge in [-0.1, -0.05) is 18.2 Å². The van der Waals surface area contributed by atoms with Crippen LogP contribution in [0.15, 0.2) is 30.4 Å². The third-order valence-corrected chi connectivity index (χ3v) is 4.83. The summed E-state index contributed by atoms with van der Waals surface area (Å²) in [5.41, 5.74) is 1.50. The molecule has 1 aliphatic carbocycles. The zero-order valence-electron chi connectivity index (χ0n) is 14.7. The molecular weight excluding hydrogens is 336 g/mol. The fraction of sp³-hybridized carbons (Fsp3) is 0.368. The van der Waals surface area contributed by atoms with Gasteiger partial charge in [0.05, 0.1) is 24.5 Å². The highest BCUT2D eigenvalue weighted by molar-refractivity contribution is 6.09. The van der Waals surface area contributed by atoms with Crippen molar-refractivity contribution < 1.29 is 23.9 Å². The van der Waals surface area contributed by atoms with Gasteiger partial charge in [-0.25, -0.2) is 4.79 Å². The first-order chi connectivity index (χ1) is 12.4. The van der Waals surface area contributed by atoms with Crippen LogP contribution in [-0.4, -0.2) is 42.2 Å². The Morgan fingerprint density at radius 3 is 2.35 bits per heavy atom. The molecule has 0 bridgehead atoms. The van der Waals surface area contributed by atoms with E-state index in [-0.39, 0.29) is 30.2 Å². The fourth-order valence-corrected chi connectivity index (χ4v) is 3.36. The van der Waals surface area contributed by atoms with E-state index in [0.717, 1.165) is 10.5 Å². The van der Waals surface area contributed by atoms with Crippen LogP contribution < -0.4 is 5.32 Å². The number of anilines is 1. The molecule has 0 radical (unpaired) electrons. The van der Waals surface area contributed by atoms with Crippen molar-refractivity contribution in [2.75, 3.05) is 19.0 Å². The Morgan fingerprint density at radius 2 is 1.77 bits per heavy atom. The second-order valence-corrected chi connectivity index (χ2v) is 6.49. The molecule has 1 aliphatic heterocycles. The van der Waals surface area contributed by atoms with Crippen LogP contribution in [0.5, 0.6) is 0 Å². The molecule has 1 saturated heterocycles. The van der Waals surface area contributed by atoms with Gasteiger partial charge in [-0.15, -0.1) is 0 Å². The maximum absolute atomic E-state index is 12.4. The Balaban J connectivity index is 1.71. The molecule has 1 fully saturated rings. The topological polar surface area (TPSA) is 92.8 Å². The molecule has 2 aliphatic rings. The molecule has 1 heterocycles. The summed E-state index contributed by atoms with van der Waals surface area (Å²) in [6.07, 6.45) is 4.87. The number of aryl methyl sites for hydroxylation is 1. The van der Waals surface area contributed by atoms with Crippen molar-refractivity contribution in [3.8, 4) is 0 Å². The van der Waals surface area contributed by atoms with E-state index >= 15 is 0 Å². The minimum absolute atomic E-state index is 0.292. The fourth-order valence-electron chi connectivity index (χ4n) is 3.36. The van der Waals surface area contributed by atoms with E-state index in [2.05, 4.69) is 10.1 Å². The standard InChI is InChI=1S/C19H20N2O5/c1-11-7-8-12(19(25)26-2)9-15(11)20-16(22)10-21-17(23)13-5-3-4-6-14(13)18(21)24/h3-4,7-9,13-14H,5-6,10H2,1-2H3,(H,20,22)/t13-,14+. The summed E-state index contributed by atoms with van der Waals surface area (Å²) in [5.74, 6) is -2.29. The van der Waals surface area contributed by atoms with Gasteiger partial charge in [0.1, 0.15) is 6.54 Å². The molecule has 0 spiro atoms. The Hall–Kier alpha value is -2.96. The molecule has 3 rings (SSSR count). The second-order valence-electron chi connectivity index (χ2n) is 6.49. The molecule has 3 amide bonds. The average molecular weight is 356 g/mol. The molecule has 136 valence electrons. The predicted molar refractivity (Wildman–Crippen MR) is 93.2 cm³/mol. The number of allylic oxidation sites excluding steroid dienone is 2. The summed E-state index contributed by atoms with van der Waals surface area (Å²) in [6, 6.07) is 4.80. The van der Waals surface area contributed by atoms with Gasteiger partial charge in [0.2, 0.25) is 17.7 Å². The van der Waals surface area contributed by atoms with E-state index in [1.807, 2.05) is 12.2 Å². The smallest absolute Gasteiger partial charge is 0.337 e. The van der Waals surface area contributed by atoms with E-state index in [1.165, 1.54) is 13.2 Å². The number of ether oxygens (including phenoxy) is 1. The van der Waals surface area contributed by atoms with Crippen LogP contribution in [0.2, 0.25) is 0 Å². The SMILES string of the molecule is COC(=O)c1ccc(C)c(NC(=O)CN2C(=O)[C@H]3CC=CC[C@H]3C2=O)c1. The molecule has 0 aromatic heterocycles. The van der Waals surface area contributed by atoms with Gasteiger partial charge in [-0.2, -0.15) is 0 Å². The van der Waals surface area contributed by atoms with E-state index in [1.54, 1.807) is 19.1 Å². The maximum atomic E-state index is 12.4. The number of rotatable bonds is 4. The molecule has 0 saturated carbocycles. The molecule has 7 heteroatoms. The Kier molecular flexibility index (Phi) is 4.88. The van der Waals surface area contributed by atoms with Crippen LogP contribution in [0, 0.1) is 18.8 Å². The lowest BCUT2D eigenvalue weighted by molar-refractivity contribution is -0.142. The highest BCUT2D eigenvalue weighted by Gasteiger charge is 2.47. The zero-order chi connectivity index (χ0) is 18.8. The van der Waals surface area contributed by atoms with Gasteiger partial charge < -0.3 is 10.1 Å². The van der Waals surface area contributed by atoms with Crippen molar-refractivity contribution in [3.05, 3.63) is 41.5 Å². The first-order valence-electron chi connectivity index (χ1n) is 8.41.